The van der Waals surface area contributed by atoms with Gasteiger partial charge in [0.2, 0.25) is 5.91 Å². The molecule has 3 saturated carbocycles. The summed E-state index contributed by atoms with van der Waals surface area (Å²) in [4.78, 5) is 14.5. The number of nitrogens with zero attached hydrogens (tertiary/aromatic N) is 1. The van der Waals surface area contributed by atoms with Crippen molar-refractivity contribution in [1.82, 2.24) is 4.90 Å². The van der Waals surface area contributed by atoms with Crippen LogP contribution in [0.1, 0.15) is 65.2 Å². The summed E-state index contributed by atoms with van der Waals surface area (Å²) < 4.78 is 0. The predicted octanol–water partition coefficient (Wildman–Crippen LogP) is 5.58. The van der Waals surface area contributed by atoms with Crippen LogP contribution in [-0.4, -0.2) is 30.4 Å². The van der Waals surface area contributed by atoms with Gasteiger partial charge in [0.25, 0.3) is 0 Å². The Morgan fingerprint density at radius 1 is 0.966 bits per heavy atom. The van der Waals surface area contributed by atoms with Crippen molar-refractivity contribution in [2.75, 3.05) is 18.9 Å². The molecule has 1 saturated heterocycles. The molecule has 29 heavy (non-hydrogen) atoms. The average molecular weight is 395 g/mol. The summed E-state index contributed by atoms with van der Waals surface area (Å²) >= 11 is 0. The zero-order valence-electron chi connectivity index (χ0n) is 18.5. The summed E-state index contributed by atoms with van der Waals surface area (Å²) in [5.74, 6) is 3.73. The second-order valence-electron chi connectivity index (χ2n) is 11.0. The minimum absolute atomic E-state index is 0.341. The van der Waals surface area contributed by atoms with Gasteiger partial charge in [0.15, 0.2) is 0 Å². The first kappa shape index (κ1) is 19.5. The van der Waals surface area contributed by atoms with Crippen LogP contribution in [0.4, 0.5) is 5.69 Å². The summed E-state index contributed by atoms with van der Waals surface area (Å²) in [7, 11) is 2.07. The number of para-hydroxylation sites is 1. The second-order valence-corrected chi connectivity index (χ2v) is 11.0. The fraction of sp³-hybridized carbons (Fsp3) is 0.731. The van der Waals surface area contributed by atoms with Crippen molar-refractivity contribution in [2.45, 2.75) is 71.3 Å². The number of fused-ring (bicyclic) bond motifs is 5. The molecule has 1 amide bonds. The van der Waals surface area contributed by atoms with E-state index in [1.54, 1.807) is 0 Å². The van der Waals surface area contributed by atoms with Crippen LogP contribution in [0.2, 0.25) is 0 Å². The van der Waals surface area contributed by atoms with Crippen molar-refractivity contribution in [3.63, 3.8) is 0 Å². The van der Waals surface area contributed by atoms with Gasteiger partial charge in [-0.3, -0.25) is 4.79 Å². The Balaban J connectivity index is 1.33. The lowest BCUT2D eigenvalue weighted by Gasteiger charge is -2.61. The maximum absolute atomic E-state index is 12.3. The fourth-order valence-electron chi connectivity index (χ4n) is 8.39. The second kappa shape index (κ2) is 7.03. The maximum Gasteiger partial charge on any atom is 0.222 e. The lowest BCUT2D eigenvalue weighted by molar-refractivity contribution is -0.158. The van der Waals surface area contributed by atoms with Gasteiger partial charge in [-0.05, 0) is 91.6 Å². The van der Waals surface area contributed by atoms with E-state index in [0.717, 1.165) is 43.1 Å². The number of hydrogen-bond acceptors (Lipinski definition) is 2. The molecule has 1 aromatic rings. The van der Waals surface area contributed by atoms with Crippen molar-refractivity contribution in [3.05, 3.63) is 30.3 Å². The molecule has 3 nitrogen and oxygen atoms in total. The zero-order chi connectivity index (χ0) is 20.2. The first-order chi connectivity index (χ1) is 13.9. The van der Waals surface area contributed by atoms with Gasteiger partial charge < -0.3 is 10.2 Å². The summed E-state index contributed by atoms with van der Waals surface area (Å²) in [6.45, 7) is 6.26. The number of likely N-dealkylation sites (tertiary alicyclic amines) is 1. The Morgan fingerprint density at radius 3 is 2.52 bits per heavy atom. The molecule has 7 atom stereocenters. The fourth-order valence-corrected chi connectivity index (χ4v) is 8.39. The van der Waals surface area contributed by atoms with E-state index in [4.69, 9.17) is 0 Å². The van der Waals surface area contributed by atoms with Crippen molar-refractivity contribution in [3.8, 4) is 0 Å². The molecule has 0 aromatic heterocycles. The van der Waals surface area contributed by atoms with Crippen LogP contribution in [0.15, 0.2) is 30.3 Å². The van der Waals surface area contributed by atoms with Crippen LogP contribution in [-0.2, 0) is 4.79 Å². The molecule has 4 fully saturated rings. The number of anilines is 1. The molecular formula is C26H38N2O. The molecule has 4 aliphatic rings. The summed E-state index contributed by atoms with van der Waals surface area (Å²) in [6.07, 6.45) is 9.97. The highest BCUT2D eigenvalue weighted by Gasteiger charge is 2.60. The largest absolute Gasteiger partial charge is 0.385 e. The highest BCUT2D eigenvalue weighted by molar-refractivity contribution is 5.77. The van der Waals surface area contributed by atoms with Gasteiger partial charge in [-0.15, -0.1) is 0 Å². The van der Waals surface area contributed by atoms with Gasteiger partial charge in [0.05, 0.1) is 0 Å². The lowest BCUT2D eigenvalue weighted by Crippen LogP contribution is -2.61. The van der Waals surface area contributed by atoms with Crippen LogP contribution >= 0.6 is 0 Å². The highest BCUT2D eigenvalue weighted by atomic mass is 16.2. The average Bonchev–Trinajstić information content (AvgIpc) is 3.07. The Hall–Kier alpha value is -1.51. The van der Waals surface area contributed by atoms with E-state index in [-0.39, 0.29) is 0 Å². The van der Waals surface area contributed by atoms with Crippen LogP contribution in [0.25, 0.3) is 0 Å². The number of carbonyl (C=O) groups is 1. The van der Waals surface area contributed by atoms with E-state index in [1.807, 2.05) is 0 Å². The number of piperidine rings is 1. The Labute approximate surface area is 176 Å². The third-order valence-corrected chi connectivity index (χ3v) is 10.1. The van der Waals surface area contributed by atoms with Crippen LogP contribution < -0.4 is 5.32 Å². The number of carbonyl (C=O) groups excluding carboxylic acids is 1. The molecule has 0 bridgehead atoms. The summed E-state index contributed by atoms with van der Waals surface area (Å²) in [5.41, 5.74) is 2.09. The van der Waals surface area contributed by atoms with Crippen LogP contribution in [0.3, 0.4) is 0 Å². The summed E-state index contributed by atoms with van der Waals surface area (Å²) in [6, 6.07) is 11.2. The number of hydrogen-bond donors (Lipinski definition) is 1. The molecule has 5 rings (SSSR count). The molecule has 1 aromatic carbocycles. The molecule has 1 N–H and O–H groups in total. The van der Waals surface area contributed by atoms with Gasteiger partial charge in [-0.25, -0.2) is 0 Å². The monoisotopic (exact) mass is 394 g/mol. The molecule has 1 aliphatic heterocycles. The van der Waals surface area contributed by atoms with Crippen LogP contribution in [0, 0.1) is 34.5 Å². The molecule has 3 heteroatoms. The quantitative estimate of drug-likeness (QED) is 0.726. The lowest BCUT2D eigenvalue weighted by atomic mass is 9.47. The minimum atomic E-state index is 0.341. The predicted molar refractivity (Wildman–Crippen MR) is 119 cm³/mol. The molecule has 0 radical (unpaired) electrons. The normalized spacial score (nSPS) is 44.0. The van der Waals surface area contributed by atoms with Gasteiger partial charge >= 0.3 is 0 Å². The van der Waals surface area contributed by atoms with Crippen molar-refractivity contribution >= 4 is 11.6 Å². The van der Waals surface area contributed by atoms with E-state index in [2.05, 4.69) is 61.4 Å². The first-order valence-corrected chi connectivity index (χ1v) is 12.0. The molecule has 158 valence electrons. The molecule has 1 heterocycles. The van der Waals surface area contributed by atoms with Gasteiger partial charge in [0, 0.05) is 31.7 Å². The van der Waals surface area contributed by atoms with Gasteiger partial charge in [-0.1, -0.05) is 32.0 Å². The van der Waals surface area contributed by atoms with E-state index >= 15 is 0 Å². The van der Waals surface area contributed by atoms with E-state index < -0.39 is 0 Å². The molecule has 3 aliphatic carbocycles. The number of rotatable bonds is 3. The Morgan fingerprint density at radius 2 is 1.72 bits per heavy atom. The molecule has 2 unspecified atom stereocenters. The van der Waals surface area contributed by atoms with Gasteiger partial charge in [-0.2, -0.15) is 0 Å². The van der Waals surface area contributed by atoms with E-state index in [0.29, 0.717) is 22.8 Å². The molecular weight excluding hydrogens is 356 g/mol. The summed E-state index contributed by atoms with van der Waals surface area (Å²) in [5, 5.41) is 3.74. The molecule has 0 spiro atoms. The minimum Gasteiger partial charge on any atom is -0.385 e. The smallest absolute Gasteiger partial charge is 0.222 e. The highest BCUT2D eigenvalue weighted by Crippen LogP contribution is 2.66. The number of benzene rings is 1. The zero-order valence-corrected chi connectivity index (χ0v) is 18.5. The standard InChI is InChI=1S/C26H38N2O/c1-25-15-13-22-20(10-12-23-26(22,2)16-14-24(29)28(23)3)21(25)11-9-18(25)17-27-19-7-5-4-6-8-19/h4-8,18,20-23,27H,9-17H2,1-3H3/t18?,20-,21-,22+,23?,25+,26+/m0/s1. The SMILES string of the molecule is CN1C(=O)CC[C@@]2(C)C1CC[C@@H]1[C@H]2CC[C@]2(C)C(CNc3ccccc3)CC[C@@H]12. The number of nitrogens with one attached hydrogen (secondary N) is 1. The first-order valence-electron chi connectivity index (χ1n) is 12.0. The Kier molecular flexibility index (Phi) is 4.71. The topological polar surface area (TPSA) is 32.3 Å². The van der Waals surface area contributed by atoms with Gasteiger partial charge in [0.1, 0.15) is 0 Å². The van der Waals surface area contributed by atoms with Crippen molar-refractivity contribution < 1.29 is 4.79 Å². The third-order valence-electron chi connectivity index (χ3n) is 10.1. The van der Waals surface area contributed by atoms with Crippen molar-refractivity contribution in [2.24, 2.45) is 34.5 Å². The third kappa shape index (κ3) is 2.94. The van der Waals surface area contributed by atoms with Crippen LogP contribution in [0.5, 0.6) is 0 Å². The van der Waals surface area contributed by atoms with E-state index in [1.165, 1.54) is 44.2 Å². The number of amides is 1. The van der Waals surface area contributed by atoms with Crippen molar-refractivity contribution in [1.29, 1.82) is 0 Å². The Bertz CT molecular complexity index is 763. The maximum atomic E-state index is 12.3. The van der Waals surface area contributed by atoms with E-state index in [9.17, 15) is 4.79 Å².